The Kier molecular flexibility index (Phi) is 5.35. The molecular weight excluding hydrogens is 254 g/mol. The van der Waals surface area contributed by atoms with Gasteiger partial charge in [0, 0.05) is 19.2 Å². The van der Waals surface area contributed by atoms with Crippen molar-refractivity contribution in [1.82, 2.24) is 10.3 Å². The normalized spacial score (nSPS) is 22.3. The molecular formula is C15H23N3O2. The summed E-state index contributed by atoms with van der Waals surface area (Å²) in [6.07, 6.45) is 4.71. The van der Waals surface area contributed by atoms with Gasteiger partial charge in [-0.3, -0.25) is 4.79 Å². The first-order chi connectivity index (χ1) is 9.69. The predicted molar refractivity (Wildman–Crippen MR) is 78.9 cm³/mol. The van der Waals surface area contributed by atoms with E-state index in [4.69, 9.17) is 4.74 Å². The van der Waals surface area contributed by atoms with E-state index >= 15 is 0 Å². The van der Waals surface area contributed by atoms with E-state index in [1.165, 1.54) is 0 Å². The number of ether oxygens (including phenoxy) is 1. The Balaban J connectivity index is 1.88. The van der Waals surface area contributed by atoms with Gasteiger partial charge in [0.1, 0.15) is 5.69 Å². The highest BCUT2D eigenvalue weighted by molar-refractivity contribution is 5.92. The number of amides is 1. The van der Waals surface area contributed by atoms with Crippen molar-refractivity contribution < 1.29 is 9.53 Å². The van der Waals surface area contributed by atoms with Crippen molar-refractivity contribution in [2.45, 2.75) is 45.3 Å². The Morgan fingerprint density at radius 3 is 3.00 bits per heavy atom. The van der Waals surface area contributed by atoms with Crippen LogP contribution in [0.1, 0.15) is 43.6 Å². The molecule has 0 saturated carbocycles. The first kappa shape index (κ1) is 14.8. The van der Waals surface area contributed by atoms with Gasteiger partial charge in [-0.15, -0.1) is 0 Å². The third-order valence-corrected chi connectivity index (χ3v) is 3.40. The maximum absolute atomic E-state index is 12.1. The van der Waals surface area contributed by atoms with Crippen LogP contribution in [0.2, 0.25) is 0 Å². The molecule has 0 spiro atoms. The number of hydrogen-bond acceptors (Lipinski definition) is 4. The number of nitrogens with zero attached hydrogens (tertiary/aromatic N) is 1. The van der Waals surface area contributed by atoms with Crippen LogP contribution < -0.4 is 10.6 Å². The Labute approximate surface area is 120 Å². The molecule has 1 aromatic heterocycles. The minimum absolute atomic E-state index is 0.105. The van der Waals surface area contributed by atoms with Crippen LogP contribution in [0, 0.1) is 0 Å². The molecule has 20 heavy (non-hydrogen) atoms. The first-order valence-electron chi connectivity index (χ1n) is 7.31. The number of carbonyl (C=O) groups is 1. The van der Waals surface area contributed by atoms with Gasteiger partial charge in [0.2, 0.25) is 0 Å². The molecule has 0 radical (unpaired) electrons. The van der Waals surface area contributed by atoms with Gasteiger partial charge in [-0.05, 0) is 38.3 Å². The van der Waals surface area contributed by atoms with Crippen molar-refractivity contribution in [3.8, 4) is 0 Å². The maximum atomic E-state index is 12.1. The molecule has 2 rings (SSSR count). The molecule has 2 N–H and O–H groups in total. The van der Waals surface area contributed by atoms with E-state index in [1.54, 1.807) is 12.3 Å². The Bertz CT molecular complexity index is 433. The lowest BCUT2D eigenvalue weighted by atomic mass is 10.0. The maximum Gasteiger partial charge on any atom is 0.270 e. The summed E-state index contributed by atoms with van der Waals surface area (Å²) >= 11 is 0. The molecule has 0 aromatic carbocycles. The highest BCUT2D eigenvalue weighted by Gasteiger charge is 2.21. The molecule has 2 atom stereocenters. The van der Waals surface area contributed by atoms with Crippen LogP contribution in [-0.4, -0.2) is 36.2 Å². The molecule has 5 heteroatoms. The lowest BCUT2D eigenvalue weighted by Gasteiger charge is -2.27. The van der Waals surface area contributed by atoms with Gasteiger partial charge in [0.25, 0.3) is 5.91 Å². The molecule has 1 aliphatic rings. The minimum Gasteiger partial charge on any atom is -0.384 e. The van der Waals surface area contributed by atoms with Crippen molar-refractivity contribution >= 4 is 11.6 Å². The van der Waals surface area contributed by atoms with Gasteiger partial charge < -0.3 is 15.4 Å². The number of nitrogens with one attached hydrogen (secondary N) is 2. The summed E-state index contributed by atoms with van der Waals surface area (Å²) in [6, 6.07) is 3.84. The van der Waals surface area contributed by atoms with Crippen molar-refractivity contribution in [1.29, 1.82) is 0 Å². The summed E-state index contributed by atoms with van der Waals surface area (Å²) < 4.78 is 5.47. The molecule has 1 aromatic rings. The molecule has 1 aliphatic heterocycles. The van der Waals surface area contributed by atoms with Crippen LogP contribution in [0.15, 0.2) is 18.3 Å². The van der Waals surface area contributed by atoms with Crippen molar-refractivity contribution in [3.63, 3.8) is 0 Å². The van der Waals surface area contributed by atoms with Gasteiger partial charge in [0.05, 0.1) is 18.0 Å². The molecule has 110 valence electrons. The average molecular weight is 277 g/mol. The van der Waals surface area contributed by atoms with Crippen LogP contribution in [0.4, 0.5) is 5.69 Å². The van der Waals surface area contributed by atoms with Crippen LogP contribution >= 0.6 is 0 Å². The lowest BCUT2D eigenvalue weighted by Crippen LogP contribution is -2.41. The zero-order chi connectivity index (χ0) is 14.4. The number of carbonyl (C=O) groups excluding carboxylic acids is 1. The third kappa shape index (κ3) is 4.20. The highest BCUT2D eigenvalue weighted by atomic mass is 16.5. The summed E-state index contributed by atoms with van der Waals surface area (Å²) in [5.74, 6) is -0.105. The summed E-state index contributed by atoms with van der Waals surface area (Å²) in [5.41, 5.74) is 1.41. The molecule has 2 unspecified atom stereocenters. The summed E-state index contributed by atoms with van der Waals surface area (Å²) in [7, 11) is 0. The summed E-state index contributed by atoms with van der Waals surface area (Å²) in [4.78, 5) is 16.3. The molecule has 1 fully saturated rings. The molecule has 0 bridgehead atoms. The topological polar surface area (TPSA) is 63.2 Å². The van der Waals surface area contributed by atoms with E-state index in [9.17, 15) is 4.79 Å². The second-order valence-corrected chi connectivity index (χ2v) is 5.24. The molecule has 1 amide bonds. The summed E-state index contributed by atoms with van der Waals surface area (Å²) in [5, 5.41) is 6.26. The third-order valence-electron chi connectivity index (χ3n) is 3.40. The second kappa shape index (κ2) is 7.24. The zero-order valence-electron chi connectivity index (χ0n) is 12.2. The number of pyridine rings is 1. The van der Waals surface area contributed by atoms with Gasteiger partial charge in [-0.1, -0.05) is 6.92 Å². The van der Waals surface area contributed by atoms with Gasteiger partial charge in [0.15, 0.2) is 0 Å². The zero-order valence-corrected chi connectivity index (χ0v) is 12.2. The van der Waals surface area contributed by atoms with E-state index < -0.39 is 0 Å². The smallest absolute Gasteiger partial charge is 0.270 e. The fourth-order valence-electron chi connectivity index (χ4n) is 2.29. The van der Waals surface area contributed by atoms with E-state index in [0.29, 0.717) is 12.3 Å². The van der Waals surface area contributed by atoms with Crippen molar-refractivity contribution in [3.05, 3.63) is 24.0 Å². The van der Waals surface area contributed by atoms with Gasteiger partial charge >= 0.3 is 0 Å². The van der Waals surface area contributed by atoms with E-state index in [-0.39, 0.29) is 18.1 Å². The Morgan fingerprint density at radius 1 is 1.50 bits per heavy atom. The quantitative estimate of drug-likeness (QED) is 0.866. The molecule has 0 aliphatic carbocycles. The van der Waals surface area contributed by atoms with Crippen molar-refractivity contribution in [2.75, 3.05) is 18.5 Å². The molecule has 2 heterocycles. The number of hydrogen-bond donors (Lipinski definition) is 2. The lowest BCUT2D eigenvalue weighted by molar-refractivity contribution is 0.0136. The van der Waals surface area contributed by atoms with Crippen molar-refractivity contribution in [2.24, 2.45) is 0 Å². The standard InChI is InChI=1S/C15H23N3O2/c1-3-7-16-13-4-5-14(17-10-13)15(19)18-12-6-8-20-11(2)9-12/h4-5,10-12,16H,3,6-9H2,1-2H3,(H,18,19). The summed E-state index contributed by atoms with van der Waals surface area (Å²) in [6.45, 7) is 5.76. The number of rotatable bonds is 5. The van der Waals surface area contributed by atoms with E-state index in [0.717, 1.165) is 31.5 Å². The number of aromatic nitrogens is 1. The van der Waals surface area contributed by atoms with E-state index in [1.807, 2.05) is 13.0 Å². The van der Waals surface area contributed by atoms with Crippen LogP contribution in [0.25, 0.3) is 0 Å². The Hall–Kier alpha value is -1.62. The molecule has 5 nitrogen and oxygen atoms in total. The fraction of sp³-hybridized carbons (Fsp3) is 0.600. The van der Waals surface area contributed by atoms with Gasteiger partial charge in [-0.25, -0.2) is 4.98 Å². The average Bonchev–Trinajstić information content (AvgIpc) is 2.45. The minimum atomic E-state index is -0.105. The van der Waals surface area contributed by atoms with Crippen LogP contribution in [-0.2, 0) is 4.74 Å². The highest BCUT2D eigenvalue weighted by Crippen LogP contribution is 2.14. The van der Waals surface area contributed by atoms with Crippen LogP contribution in [0.5, 0.6) is 0 Å². The van der Waals surface area contributed by atoms with Crippen LogP contribution in [0.3, 0.4) is 0 Å². The van der Waals surface area contributed by atoms with Gasteiger partial charge in [-0.2, -0.15) is 0 Å². The van der Waals surface area contributed by atoms with E-state index in [2.05, 4.69) is 22.5 Å². The first-order valence-corrected chi connectivity index (χ1v) is 7.31. The fourth-order valence-corrected chi connectivity index (χ4v) is 2.29. The second-order valence-electron chi connectivity index (χ2n) is 5.24. The largest absolute Gasteiger partial charge is 0.384 e. The predicted octanol–water partition coefficient (Wildman–Crippen LogP) is 2.20. The monoisotopic (exact) mass is 277 g/mol. The Morgan fingerprint density at radius 2 is 2.35 bits per heavy atom. The number of anilines is 1. The SMILES string of the molecule is CCCNc1ccc(C(=O)NC2CCOC(C)C2)nc1. The molecule has 1 saturated heterocycles.